The summed E-state index contributed by atoms with van der Waals surface area (Å²) in [5.41, 5.74) is 1.29. The van der Waals surface area contributed by atoms with Gasteiger partial charge in [0.05, 0.1) is 0 Å². The predicted molar refractivity (Wildman–Crippen MR) is 68.8 cm³/mol. The molecule has 1 aliphatic rings. The van der Waals surface area contributed by atoms with E-state index in [-0.39, 0.29) is 0 Å². The molecular formula is C13H19ClN2. The van der Waals surface area contributed by atoms with Crippen molar-refractivity contribution in [3.05, 3.63) is 34.9 Å². The molecule has 2 nitrogen and oxygen atoms in total. The van der Waals surface area contributed by atoms with Crippen molar-refractivity contribution >= 4 is 11.6 Å². The first-order valence-corrected chi connectivity index (χ1v) is 6.28. The second kappa shape index (κ2) is 5.67. The van der Waals surface area contributed by atoms with E-state index in [2.05, 4.69) is 23.3 Å². The molecule has 3 heteroatoms. The van der Waals surface area contributed by atoms with Crippen LogP contribution in [-0.2, 0) is 6.54 Å². The molecule has 2 rings (SSSR count). The fourth-order valence-electron chi connectivity index (χ4n) is 2.30. The first-order chi connectivity index (χ1) is 7.74. The number of hydrogen-bond acceptors (Lipinski definition) is 2. The van der Waals surface area contributed by atoms with Crippen molar-refractivity contribution < 1.29 is 0 Å². The minimum Gasteiger partial charge on any atom is -0.313 e. The van der Waals surface area contributed by atoms with Crippen molar-refractivity contribution in [3.63, 3.8) is 0 Å². The lowest BCUT2D eigenvalue weighted by Gasteiger charge is -2.21. The minimum atomic E-state index is 0.671. The highest BCUT2D eigenvalue weighted by atomic mass is 35.5. The average Bonchev–Trinajstić information content (AvgIpc) is 2.70. The highest BCUT2D eigenvalue weighted by molar-refractivity contribution is 6.30. The Morgan fingerprint density at radius 3 is 3.06 bits per heavy atom. The van der Waals surface area contributed by atoms with Crippen LogP contribution in [0.2, 0.25) is 5.02 Å². The van der Waals surface area contributed by atoms with Crippen LogP contribution in [-0.4, -0.2) is 31.1 Å². The molecule has 0 aromatic heterocycles. The van der Waals surface area contributed by atoms with Gasteiger partial charge in [0.15, 0.2) is 0 Å². The number of likely N-dealkylation sites (N-methyl/N-ethyl adjacent to an activating group) is 1. The van der Waals surface area contributed by atoms with Crippen LogP contribution in [0.15, 0.2) is 24.3 Å². The van der Waals surface area contributed by atoms with E-state index >= 15 is 0 Å². The van der Waals surface area contributed by atoms with Crippen LogP contribution in [0, 0.1) is 0 Å². The summed E-state index contributed by atoms with van der Waals surface area (Å²) in [5, 5.41) is 4.34. The monoisotopic (exact) mass is 238 g/mol. The molecule has 0 aliphatic carbocycles. The van der Waals surface area contributed by atoms with Gasteiger partial charge in [0.1, 0.15) is 0 Å². The molecule has 0 radical (unpaired) electrons. The van der Waals surface area contributed by atoms with Gasteiger partial charge in [-0.1, -0.05) is 23.7 Å². The minimum absolute atomic E-state index is 0.671. The van der Waals surface area contributed by atoms with Gasteiger partial charge in [0.2, 0.25) is 0 Å². The molecule has 1 aromatic carbocycles. The summed E-state index contributed by atoms with van der Waals surface area (Å²) >= 11 is 5.97. The molecule has 1 unspecified atom stereocenters. The Labute approximate surface area is 103 Å². The average molecular weight is 239 g/mol. The molecule has 1 fully saturated rings. The summed E-state index contributed by atoms with van der Waals surface area (Å²) in [5.74, 6) is 0. The van der Waals surface area contributed by atoms with Gasteiger partial charge in [-0.25, -0.2) is 0 Å². The lowest BCUT2D eigenvalue weighted by molar-refractivity contribution is 0.293. The largest absolute Gasteiger partial charge is 0.313 e. The normalized spacial score (nSPS) is 20.6. The van der Waals surface area contributed by atoms with Crippen LogP contribution in [0.3, 0.4) is 0 Å². The highest BCUT2D eigenvalue weighted by Crippen LogP contribution is 2.13. The Morgan fingerprint density at radius 1 is 1.50 bits per heavy atom. The lowest BCUT2D eigenvalue weighted by Crippen LogP contribution is -2.34. The Kier molecular flexibility index (Phi) is 4.22. The van der Waals surface area contributed by atoms with Gasteiger partial charge in [0.25, 0.3) is 0 Å². The van der Waals surface area contributed by atoms with Gasteiger partial charge >= 0.3 is 0 Å². The van der Waals surface area contributed by atoms with E-state index in [1.165, 1.54) is 24.9 Å². The zero-order chi connectivity index (χ0) is 11.4. The van der Waals surface area contributed by atoms with Gasteiger partial charge in [0, 0.05) is 24.2 Å². The van der Waals surface area contributed by atoms with E-state index < -0.39 is 0 Å². The topological polar surface area (TPSA) is 15.3 Å². The molecule has 1 aliphatic heterocycles. The molecule has 1 aromatic rings. The van der Waals surface area contributed by atoms with E-state index in [1.54, 1.807) is 0 Å². The molecule has 88 valence electrons. The summed E-state index contributed by atoms with van der Waals surface area (Å²) in [7, 11) is 2.17. The molecule has 0 amide bonds. The number of rotatable bonds is 4. The van der Waals surface area contributed by atoms with Crippen LogP contribution >= 0.6 is 11.6 Å². The summed E-state index contributed by atoms with van der Waals surface area (Å²) < 4.78 is 0. The molecule has 16 heavy (non-hydrogen) atoms. The quantitative estimate of drug-likeness (QED) is 0.867. The first-order valence-electron chi connectivity index (χ1n) is 5.90. The number of benzene rings is 1. The highest BCUT2D eigenvalue weighted by Gasteiger charge is 2.15. The predicted octanol–water partition coefficient (Wildman–Crippen LogP) is 2.52. The van der Waals surface area contributed by atoms with Crippen LogP contribution in [0.25, 0.3) is 0 Å². The molecule has 1 N–H and O–H groups in total. The Bertz CT molecular complexity index is 334. The van der Waals surface area contributed by atoms with Crippen molar-refractivity contribution in [3.8, 4) is 0 Å². The zero-order valence-electron chi connectivity index (χ0n) is 9.75. The third-order valence-electron chi connectivity index (χ3n) is 3.04. The fourth-order valence-corrected chi connectivity index (χ4v) is 2.51. The van der Waals surface area contributed by atoms with Gasteiger partial charge in [-0.3, -0.25) is 0 Å². The van der Waals surface area contributed by atoms with Gasteiger partial charge in [-0.05, 0) is 44.1 Å². The molecule has 1 atom stereocenters. The maximum atomic E-state index is 5.97. The molecule has 0 spiro atoms. The Balaban J connectivity index is 1.84. The third kappa shape index (κ3) is 3.48. The van der Waals surface area contributed by atoms with Gasteiger partial charge < -0.3 is 10.2 Å². The van der Waals surface area contributed by atoms with E-state index in [0.717, 1.165) is 18.1 Å². The Hall–Kier alpha value is -0.570. The molecule has 1 heterocycles. The number of halogens is 1. The molecular weight excluding hydrogens is 220 g/mol. The summed E-state index contributed by atoms with van der Waals surface area (Å²) in [6.45, 7) is 3.26. The van der Waals surface area contributed by atoms with Gasteiger partial charge in [-0.15, -0.1) is 0 Å². The van der Waals surface area contributed by atoms with E-state index in [9.17, 15) is 0 Å². The summed E-state index contributed by atoms with van der Waals surface area (Å²) in [4.78, 5) is 2.36. The SMILES string of the molecule is CN(Cc1cccc(Cl)c1)CC1CCCN1. The van der Waals surface area contributed by atoms with Crippen LogP contribution in [0.4, 0.5) is 0 Å². The second-order valence-electron chi connectivity index (χ2n) is 4.62. The van der Waals surface area contributed by atoms with E-state index in [1.807, 2.05) is 18.2 Å². The molecule has 1 saturated heterocycles. The summed E-state index contributed by atoms with van der Waals surface area (Å²) in [6, 6.07) is 8.78. The zero-order valence-corrected chi connectivity index (χ0v) is 10.5. The van der Waals surface area contributed by atoms with Crippen molar-refractivity contribution in [1.29, 1.82) is 0 Å². The Morgan fingerprint density at radius 2 is 2.38 bits per heavy atom. The first kappa shape index (κ1) is 11.9. The maximum absolute atomic E-state index is 5.97. The lowest BCUT2D eigenvalue weighted by atomic mass is 10.2. The summed E-state index contributed by atoms with van der Waals surface area (Å²) in [6.07, 6.45) is 2.62. The second-order valence-corrected chi connectivity index (χ2v) is 5.06. The van der Waals surface area contributed by atoms with Crippen molar-refractivity contribution in [2.75, 3.05) is 20.1 Å². The number of nitrogens with one attached hydrogen (secondary N) is 1. The fraction of sp³-hybridized carbons (Fsp3) is 0.538. The number of hydrogen-bond donors (Lipinski definition) is 1. The van der Waals surface area contributed by atoms with E-state index in [4.69, 9.17) is 11.6 Å². The van der Waals surface area contributed by atoms with Crippen LogP contribution in [0.5, 0.6) is 0 Å². The molecule has 0 saturated carbocycles. The maximum Gasteiger partial charge on any atom is 0.0409 e. The van der Waals surface area contributed by atoms with E-state index in [0.29, 0.717) is 6.04 Å². The molecule has 0 bridgehead atoms. The number of nitrogens with zero attached hydrogens (tertiary/aromatic N) is 1. The third-order valence-corrected chi connectivity index (χ3v) is 3.27. The van der Waals surface area contributed by atoms with Crippen molar-refractivity contribution in [2.24, 2.45) is 0 Å². The standard InChI is InChI=1S/C13H19ClN2/c1-16(10-13-6-3-7-15-13)9-11-4-2-5-12(14)8-11/h2,4-5,8,13,15H,3,6-7,9-10H2,1H3. The smallest absolute Gasteiger partial charge is 0.0409 e. The van der Waals surface area contributed by atoms with Crippen molar-refractivity contribution in [2.45, 2.75) is 25.4 Å². The van der Waals surface area contributed by atoms with Crippen LogP contribution < -0.4 is 5.32 Å². The van der Waals surface area contributed by atoms with Crippen molar-refractivity contribution in [1.82, 2.24) is 10.2 Å². The van der Waals surface area contributed by atoms with Crippen LogP contribution in [0.1, 0.15) is 18.4 Å². The van der Waals surface area contributed by atoms with Gasteiger partial charge in [-0.2, -0.15) is 0 Å².